The van der Waals surface area contributed by atoms with E-state index in [0.717, 1.165) is 12.3 Å². The van der Waals surface area contributed by atoms with Crippen LogP contribution in [0.1, 0.15) is 44.3 Å². The summed E-state index contributed by atoms with van der Waals surface area (Å²) in [5.41, 5.74) is 1.34. The van der Waals surface area contributed by atoms with Crippen molar-refractivity contribution in [2.24, 2.45) is 5.92 Å². The number of ether oxygens (including phenoxy) is 1. The topological polar surface area (TPSA) is 34.2 Å². The van der Waals surface area contributed by atoms with Crippen molar-refractivity contribution >= 4 is 11.3 Å². The minimum atomic E-state index is 0.140. The smallest absolute Gasteiger partial charge is 0.0945 e. The summed E-state index contributed by atoms with van der Waals surface area (Å²) in [6.07, 6.45) is 3.91. The van der Waals surface area contributed by atoms with Gasteiger partial charge in [0.05, 0.1) is 16.8 Å². The first-order valence-electron chi connectivity index (χ1n) is 7.10. The summed E-state index contributed by atoms with van der Waals surface area (Å²) in [6, 6.07) is 0.372. The lowest BCUT2D eigenvalue weighted by Crippen LogP contribution is -2.42. The average molecular weight is 282 g/mol. The van der Waals surface area contributed by atoms with Gasteiger partial charge in [0, 0.05) is 30.4 Å². The van der Waals surface area contributed by atoms with E-state index in [9.17, 15) is 0 Å². The molecule has 0 spiro atoms. The number of hydrogen-bond donors (Lipinski definition) is 1. The van der Waals surface area contributed by atoms with Gasteiger partial charge in [-0.25, -0.2) is 4.98 Å². The maximum absolute atomic E-state index is 5.69. The van der Waals surface area contributed by atoms with Crippen LogP contribution in [0.25, 0.3) is 0 Å². The molecule has 0 radical (unpaired) electrons. The number of likely N-dealkylation sites (N-methyl/N-ethyl adjacent to an activating group) is 1. The highest BCUT2D eigenvalue weighted by atomic mass is 32.1. The third-order valence-corrected chi connectivity index (χ3v) is 4.71. The van der Waals surface area contributed by atoms with Crippen LogP contribution in [0.4, 0.5) is 0 Å². The highest BCUT2D eigenvalue weighted by molar-refractivity contribution is 7.09. The maximum Gasteiger partial charge on any atom is 0.0945 e. The minimum absolute atomic E-state index is 0.140. The highest BCUT2D eigenvalue weighted by Gasteiger charge is 2.36. The average Bonchev–Trinajstić information content (AvgIpc) is 3.05. The van der Waals surface area contributed by atoms with E-state index in [1.54, 1.807) is 11.3 Å². The first kappa shape index (κ1) is 14.9. The first-order valence-corrected chi connectivity index (χ1v) is 7.98. The van der Waals surface area contributed by atoms with Crippen LogP contribution in [0, 0.1) is 5.92 Å². The summed E-state index contributed by atoms with van der Waals surface area (Å²) in [5, 5.41) is 6.82. The molecule has 1 aromatic heterocycles. The SMILES string of the molecule is CNC(Cc1nc(C(C)(C)C)cs1)C(OC)C1CC1. The van der Waals surface area contributed by atoms with E-state index in [4.69, 9.17) is 9.72 Å². The van der Waals surface area contributed by atoms with E-state index in [2.05, 4.69) is 31.5 Å². The molecule has 1 aliphatic rings. The molecule has 2 atom stereocenters. The van der Waals surface area contributed by atoms with Gasteiger partial charge in [-0.1, -0.05) is 20.8 Å². The van der Waals surface area contributed by atoms with Crippen molar-refractivity contribution in [3.63, 3.8) is 0 Å². The fourth-order valence-corrected chi connectivity index (χ4v) is 3.51. The molecule has 4 heteroatoms. The van der Waals surface area contributed by atoms with Gasteiger partial charge >= 0.3 is 0 Å². The Balaban J connectivity index is 2.03. The van der Waals surface area contributed by atoms with E-state index in [1.807, 2.05) is 14.2 Å². The number of nitrogens with one attached hydrogen (secondary N) is 1. The second-order valence-electron chi connectivity index (χ2n) is 6.51. The fourth-order valence-electron chi connectivity index (χ4n) is 2.43. The summed E-state index contributed by atoms with van der Waals surface area (Å²) < 4.78 is 5.69. The van der Waals surface area contributed by atoms with Gasteiger partial charge in [0.2, 0.25) is 0 Å². The predicted molar refractivity (Wildman–Crippen MR) is 80.9 cm³/mol. The van der Waals surface area contributed by atoms with Crippen molar-refractivity contribution in [3.8, 4) is 0 Å². The van der Waals surface area contributed by atoms with Crippen LogP contribution in [-0.4, -0.2) is 31.3 Å². The molecule has 1 aromatic rings. The molecule has 1 heterocycles. The van der Waals surface area contributed by atoms with Crippen LogP contribution < -0.4 is 5.32 Å². The Kier molecular flexibility index (Phi) is 4.64. The lowest BCUT2D eigenvalue weighted by atomic mass is 9.93. The Morgan fingerprint density at radius 1 is 1.47 bits per heavy atom. The number of aromatic nitrogens is 1. The van der Waals surface area contributed by atoms with Crippen LogP contribution in [-0.2, 0) is 16.6 Å². The van der Waals surface area contributed by atoms with Gasteiger partial charge in [0.15, 0.2) is 0 Å². The molecular formula is C15H26N2OS. The van der Waals surface area contributed by atoms with Gasteiger partial charge in [-0.3, -0.25) is 0 Å². The van der Waals surface area contributed by atoms with Crippen molar-refractivity contribution in [1.82, 2.24) is 10.3 Å². The molecule has 0 aliphatic heterocycles. The maximum atomic E-state index is 5.69. The molecular weight excluding hydrogens is 256 g/mol. The fraction of sp³-hybridized carbons (Fsp3) is 0.800. The summed E-state index contributed by atoms with van der Waals surface area (Å²) >= 11 is 1.77. The molecule has 1 fully saturated rings. The van der Waals surface area contributed by atoms with E-state index < -0.39 is 0 Å². The quantitative estimate of drug-likeness (QED) is 0.871. The zero-order valence-electron chi connectivity index (χ0n) is 12.7. The van der Waals surface area contributed by atoms with Crippen LogP contribution in [0.5, 0.6) is 0 Å². The van der Waals surface area contributed by atoms with Crippen LogP contribution in [0.3, 0.4) is 0 Å². The number of nitrogens with zero attached hydrogens (tertiary/aromatic N) is 1. The Morgan fingerprint density at radius 3 is 2.58 bits per heavy atom. The van der Waals surface area contributed by atoms with Gasteiger partial charge in [0.1, 0.15) is 0 Å². The molecule has 1 N–H and O–H groups in total. The van der Waals surface area contributed by atoms with Gasteiger partial charge in [-0.05, 0) is 25.8 Å². The van der Waals surface area contributed by atoms with Crippen molar-refractivity contribution < 1.29 is 4.74 Å². The second-order valence-corrected chi connectivity index (χ2v) is 7.46. The first-order chi connectivity index (χ1) is 8.95. The molecule has 2 rings (SSSR count). The monoisotopic (exact) mass is 282 g/mol. The third-order valence-electron chi connectivity index (χ3n) is 3.84. The largest absolute Gasteiger partial charge is 0.380 e. The zero-order valence-corrected chi connectivity index (χ0v) is 13.5. The second kappa shape index (κ2) is 5.90. The number of methoxy groups -OCH3 is 1. The number of thiazole rings is 1. The van der Waals surface area contributed by atoms with E-state index in [-0.39, 0.29) is 5.41 Å². The predicted octanol–water partition coefficient (Wildman–Crippen LogP) is 3.00. The van der Waals surface area contributed by atoms with Crippen molar-refractivity contribution in [2.75, 3.05) is 14.2 Å². The van der Waals surface area contributed by atoms with Crippen LogP contribution >= 0.6 is 11.3 Å². The molecule has 0 bridgehead atoms. The van der Waals surface area contributed by atoms with Gasteiger partial charge in [0.25, 0.3) is 0 Å². The lowest BCUT2D eigenvalue weighted by Gasteiger charge is -2.25. The summed E-state index contributed by atoms with van der Waals surface area (Å²) in [5.74, 6) is 0.740. The van der Waals surface area contributed by atoms with E-state index >= 15 is 0 Å². The molecule has 0 amide bonds. The Hall–Kier alpha value is -0.450. The number of hydrogen-bond acceptors (Lipinski definition) is 4. The molecule has 108 valence electrons. The molecule has 1 saturated carbocycles. The number of rotatable bonds is 6. The summed E-state index contributed by atoms with van der Waals surface area (Å²) in [7, 11) is 3.85. The Labute approximate surface area is 120 Å². The normalized spacial score (nSPS) is 19.4. The van der Waals surface area contributed by atoms with Crippen molar-refractivity contribution in [1.29, 1.82) is 0 Å². The Morgan fingerprint density at radius 2 is 2.16 bits per heavy atom. The molecule has 3 nitrogen and oxygen atoms in total. The van der Waals surface area contributed by atoms with Crippen molar-refractivity contribution in [3.05, 3.63) is 16.1 Å². The molecule has 2 unspecified atom stereocenters. The standard InChI is InChI=1S/C15H26N2OS/c1-15(2,3)12-9-19-13(17-12)8-11(16-4)14(18-5)10-6-7-10/h9-11,14,16H,6-8H2,1-5H3. The Bertz CT molecular complexity index is 407. The van der Waals surface area contributed by atoms with Gasteiger partial charge < -0.3 is 10.1 Å². The summed E-state index contributed by atoms with van der Waals surface area (Å²) in [6.45, 7) is 6.64. The summed E-state index contributed by atoms with van der Waals surface area (Å²) in [4.78, 5) is 4.79. The van der Waals surface area contributed by atoms with Gasteiger partial charge in [-0.15, -0.1) is 11.3 Å². The molecule has 1 aliphatic carbocycles. The van der Waals surface area contributed by atoms with Crippen molar-refractivity contribution in [2.45, 2.75) is 57.6 Å². The molecule has 0 aromatic carbocycles. The molecule has 0 saturated heterocycles. The molecule has 19 heavy (non-hydrogen) atoms. The van der Waals surface area contributed by atoms with Crippen LogP contribution in [0.2, 0.25) is 0 Å². The third kappa shape index (κ3) is 3.77. The zero-order chi connectivity index (χ0) is 14.0. The van der Waals surface area contributed by atoms with E-state index in [0.29, 0.717) is 12.1 Å². The van der Waals surface area contributed by atoms with E-state index in [1.165, 1.54) is 23.5 Å². The lowest BCUT2D eigenvalue weighted by molar-refractivity contribution is 0.0534. The van der Waals surface area contributed by atoms with Crippen LogP contribution in [0.15, 0.2) is 5.38 Å². The highest BCUT2D eigenvalue weighted by Crippen LogP contribution is 2.36. The van der Waals surface area contributed by atoms with Gasteiger partial charge in [-0.2, -0.15) is 0 Å². The minimum Gasteiger partial charge on any atom is -0.380 e.